The van der Waals surface area contributed by atoms with Gasteiger partial charge in [0.25, 0.3) is 5.91 Å². The number of rotatable bonds is 5. The molecule has 1 fully saturated rings. The third-order valence-electron chi connectivity index (χ3n) is 3.85. The van der Waals surface area contributed by atoms with Crippen LogP contribution in [-0.2, 0) is 20.0 Å². The SMILES string of the molecule is CCc1nn(C)c(C(=O)N(Cc2ccco2)C2CC2)c1N. The maximum Gasteiger partial charge on any atom is 0.274 e. The molecule has 0 atom stereocenters. The molecule has 0 saturated heterocycles. The number of amides is 1. The topological polar surface area (TPSA) is 77.3 Å². The van der Waals surface area contributed by atoms with Crippen LogP contribution in [0.2, 0.25) is 0 Å². The van der Waals surface area contributed by atoms with E-state index in [1.54, 1.807) is 18.0 Å². The highest BCUT2D eigenvalue weighted by Gasteiger charge is 2.36. The molecule has 1 amide bonds. The third-order valence-corrected chi connectivity index (χ3v) is 3.85. The second-order valence-corrected chi connectivity index (χ2v) is 5.43. The summed E-state index contributed by atoms with van der Waals surface area (Å²) in [5, 5.41) is 4.33. The first-order chi connectivity index (χ1) is 10.1. The van der Waals surface area contributed by atoms with E-state index >= 15 is 0 Å². The maximum absolute atomic E-state index is 12.9. The fraction of sp³-hybridized carbons (Fsp3) is 0.467. The summed E-state index contributed by atoms with van der Waals surface area (Å²) >= 11 is 0. The van der Waals surface area contributed by atoms with Crippen molar-refractivity contribution in [2.45, 2.75) is 38.8 Å². The van der Waals surface area contributed by atoms with Crippen LogP contribution in [0.4, 0.5) is 5.69 Å². The first-order valence-electron chi connectivity index (χ1n) is 7.26. The monoisotopic (exact) mass is 288 g/mol. The van der Waals surface area contributed by atoms with Crippen LogP contribution in [0.3, 0.4) is 0 Å². The lowest BCUT2D eigenvalue weighted by atomic mass is 10.2. The van der Waals surface area contributed by atoms with Crippen molar-refractivity contribution >= 4 is 11.6 Å². The number of hydrogen-bond acceptors (Lipinski definition) is 4. The van der Waals surface area contributed by atoms with E-state index in [0.717, 1.165) is 24.3 Å². The molecule has 0 bridgehead atoms. The van der Waals surface area contributed by atoms with Gasteiger partial charge in [0.1, 0.15) is 11.5 Å². The Morgan fingerprint density at radius 1 is 1.57 bits per heavy atom. The predicted octanol–water partition coefficient (Wildman–Crippen LogP) is 1.96. The zero-order valence-corrected chi connectivity index (χ0v) is 12.4. The Hall–Kier alpha value is -2.24. The summed E-state index contributed by atoms with van der Waals surface area (Å²) in [6.07, 6.45) is 4.41. The molecule has 3 rings (SSSR count). The fourth-order valence-electron chi connectivity index (χ4n) is 2.57. The van der Waals surface area contributed by atoms with Crippen LogP contribution < -0.4 is 5.73 Å². The van der Waals surface area contributed by atoms with Crippen LogP contribution in [0.25, 0.3) is 0 Å². The number of nitrogen functional groups attached to an aromatic ring is 1. The molecular formula is C15H20N4O2. The molecule has 0 aromatic carbocycles. The van der Waals surface area contributed by atoms with Gasteiger partial charge in [0.15, 0.2) is 0 Å². The number of carbonyl (C=O) groups excluding carboxylic acids is 1. The fourth-order valence-corrected chi connectivity index (χ4v) is 2.57. The molecular weight excluding hydrogens is 268 g/mol. The Balaban J connectivity index is 1.89. The van der Waals surface area contributed by atoms with Crippen molar-refractivity contribution < 1.29 is 9.21 Å². The molecule has 2 aromatic rings. The van der Waals surface area contributed by atoms with Gasteiger partial charge in [-0.15, -0.1) is 0 Å². The Morgan fingerprint density at radius 3 is 2.86 bits per heavy atom. The molecule has 2 aromatic heterocycles. The molecule has 21 heavy (non-hydrogen) atoms. The molecule has 1 saturated carbocycles. The molecule has 1 aliphatic rings. The van der Waals surface area contributed by atoms with Gasteiger partial charge in [0.2, 0.25) is 0 Å². The number of aromatic nitrogens is 2. The number of nitrogens with two attached hydrogens (primary N) is 1. The number of aryl methyl sites for hydroxylation is 2. The Morgan fingerprint density at radius 2 is 2.33 bits per heavy atom. The minimum Gasteiger partial charge on any atom is -0.467 e. The average molecular weight is 288 g/mol. The summed E-state index contributed by atoms with van der Waals surface area (Å²) in [5.41, 5.74) is 7.84. The minimum absolute atomic E-state index is 0.0684. The van der Waals surface area contributed by atoms with Gasteiger partial charge < -0.3 is 15.1 Å². The molecule has 112 valence electrons. The number of furan rings is 1. The molecule has 2 heterocycles. The smallest absolute Gasteiger partial charge is 0.274 e. The number of nitrogens with zero attached hydrogens (tertiary/aromatic N) is 3. The highest BCUT2D eigenvalue weighted by molar-refractivity contribution is 5.98. The van der Waals surface area contributed by atoms with Crippen molar-refractivity contribution in [1.82, 2.24) is 14.7 Å². The number of anilines is 1. The standard InChI is InChI=1S/C15H20N4O2/c1-3-12-13(16)14(18(2)17-12)15(20)19(10-6-7-10)9-11-5-4-8-21-11/h4-5,8,10H,3,6-7,9,16H2,1-2H3. The number of hydrogen-bond donors (Lipinski definition) is 1. The molecule has 6 nitrogen and oxygen atoms in total. The summed E-state index contributed by atoms with van der Waals surface area (Å²) in [6.45, 7) is 2.46. The van der Waals surface area contributed by atoms with Crippen LogP contribution in [0.5, 0.6) is 0 Å². The van der Waals surface area contributed by atoms with Crippen molar-refractivity contribution in [3.8, 4) is 0 Å². The molecule has 0 spiro atoms. The summed E-state index contributed by atoms with van der Waals surface area (Å²) in [5.74, 6) is 0.716. The largest absolute Gasteiger partial charge is 0.467 e. The number of carbonyl (C=O) groups is 1. The van der Waals surface area contributed by atoms with Crippen LogP contribution in [0.15, 0.2) is 22.8 Å². The van der Waals surface area contributed by atoms with E-state index in [0.29, 0.717) is 24.3 Å². The summed E-state index contributed by atoms with van der Waals surface area (Å²) in [7, 11) is 1.76. The average Bonchev–Trinajstić information content (AvgIpc) is 3.09. The van der Waals surface area contributed by atoms with E-state index in [1.807, 2.05) is 24.0 Å². The summed E-state index contributed by atoms with van der Waals surface area (Å²) < 4.78 is 6.96. The molecule has 0 unspecified atom stereocenters. The molecule has 1 aliphatic carbocycles. The van der Waals surface area contributed by atoms with Crippen molar-refractivity contribution in [1.29, 1.82) is 0 Å². The van der Waals surface area contributed by atoms with Crippen molar-refractivity contribution in [2.75, 3.05) is 5.73 Å². The van der Waals surface area contributed by atoms with Crippen LogP contribution >= 0.6 is 0 Å². The van der Waals surface area contributed by atoms with Crippen molar-refractivity contribution in [2.24, 2.45) is 7.05 Å². The first-order valence-corrected chi connectivity index (χ1v) is 7.26. The van der Waals surface area contributed by atoms with Gasteiger partial charge in [-0.2, -0.15) is 5.10 Å². The predicted molar refractivity (Wildman–Crippen MR) is 78.6 cm³/mol. The van der Waals surface area contributed by atoms with Crippen LogP contribution in [0, 0.1) is 0 Å². The molecule has 6 heteroatoms. The van der Waals surface area contributed by atoms with Gasteiger partial charge in [-0.1, -0.05) is 6.92 Å². The van der Waals surface area contributed by atoms with E-state index in [2.05, 4.69) is 5.10 Å². The van der Waals surface area contributed by atoms with Crippen molar-refractivity contribution in [3.63, 3.8) is 0 Å². The Kier molecular flexibility index (Phi) is 3.45. The Bertz CT molecular complexity index is 641. The van der Waals surface area contributed by atoms with Gasteiger partial charge in [0, 0.05) is 13.1 Å². The van der Waals surface area contributed by atoms with E-state index in [1.165, 1.54) is 0 Å². The zero-order chi connectivity index (χ0) is 15.0. The van der Waals surface area contributed by atoms with E-state index in [-0.39, 0.29) is 11.9 Å². The highest BCUT2D eigenvalue weighted by atomic mass is 16.3. The lowest BCUT2D eigenvalue weighted by molar-refractivity contribution is 0.0707. The maximum atomic E-state index is 12.9. The summed E-state index contributed by atoms with van der Waals surface area (Å²) in [6, 6.07) is 3.99. The van der Waals surface area contributed by atoms with Gasteiger partial charge >= 0.3 is 0 Å². The third kappa shape index (κ3) is 2.53. The van der Waals surface area contributed by atoms with Gasteiger partial charge in [0.05, 0.1) is 24.2 Å². The zero-order valence-electron chi connectivity index (χ0n) is 12.4. The van der Waals surface area contributed by atoms with E-state index in [9.17, 15) is 4.79 Å². The van der Waals surface area contributed by atoms with Gasteiger partial charge in [-0.25, -0.2) is 0 Å². The van der Waals surface area contributed by atoms with Crippen molar-refractivity contribution in [3.05, 3.63) is 35.5 Å². The lowest BCUT2D eigenvalue weighted by Gasteiger charge is -2.21. The Labute approximate surface area is 123 Å². The van der Waals surface area contributed by atoms with Gasteiger partial charge in [-0.3, -0.25) is 9.48 Å². The second-order valence-electron chi connectivity index (χ2n) is 5.43. The molecule has 0 radical (unpaired) electrons. The second kappa shape index (κ2) is 5.27. The molecule has 0 aliphatic heterocycles. The highest BCUT2D eigenvalue weighted by Crippen LogP contribution is 2.31. The summed E-state index contributed by atoms with van der Waals surface area (Å²) in [4.78, 5) is 14.7. The van der Waals surface area contributed by atoms with Crippen LogP contribution in [-0.4, -0.2) is 26.6 Å². The lowest BCUT2D eigenvalue weighted by Crippen LogP contribution is -2.34. The molecule has 2 N–H and O–H groups in total. The normalized spacial score (nSPS) is 14.4. The quantitative estimate of drug-likeness (QED) is 0.912. The van der Waals surface area contributed by atoms with E-state index in [4.69, 9.17) is 10.2 Å². The van der Waals surface area contributed by atoms with Gasteiger partial charge in [-0.05, 0) is 31.4 Å². The van der Waals surface area contributed by atoms with Crippen LogP contribution in [0.1, 0.15) is 41.7 Å². The van der Waals surface area contributed by atoms with E-state index < -0.39 is 0 Å². The minimum atomic E-state index is -0.0684. The first kappa shape index (κ1) is 13.7.